The summed E-state index contributed by atoms with van der Waals surface area (Å²) in [5.74, 6) is -1.61. The molecule has 0 spiro atoms. The molecule has 3 aromatic carbocycles. The Labute approximate surface area is 215 Å². The maximum atomic E-state index is 13.4. The quantitative estimate of drug-likeness (QED) is 0.122. The molecule has 0 aliphatic rings. The van der Waals surface area contributed by atoms with E-state index in [4.69, 9.17) is 25.7 Å². The molecule has 14 heteroatoms. The third-order valence-electron chi connectivity index (χ3n) is 5.10. The number of para-hydroxylation sites is 2. The van der Waals surface area contributed by atoms with Crippen molar-refractivity contribution in [2.24, 2.45) is 0 Å². The van der Waals surface area contributed by atoms with E-state index in [0.29, 0.717) is 0 Å². The van der Waals surface area contributed by atoms with Crippen LogP contribution in [-0.4, -0.2) is 35.1 Å². The van der Waals surface area contributed by atoms with Crippen LogP contribution in [-0.2, 0) is 9.59 Å². The first-order valence-corrected chi connectivity index (χ1v) is 10.9. The summed E-state index contributed by atoms with van der Waals surface area (Å²) in [6.07, 6.45) is -2.40. The van der Waals surface area contributed by atoms with Gasteiger partial charge in [-0.05, 0) is 31.2 Å². The average molecular weight is 525 g/mol. The van der Waals surface area contributed by atoms with Crippen LogP contribution in [0.25, 0.3) is 0 Å². The van der Waals surface area contributed by atoms with Crippen LogP contribution in [0.5, 0.6) is 17.2 Å². The van der Waals surface area contributed by atoms with E-state index in [-0.39, 0.29) is 45.7 Å². The number of hydrogen-bond donors (Lipinski definition) is 2. The van der Waals surface area contributed by atoms with Crippen LogP contribution in [0.3, 0.4) is 0 Å². The molecule has 0 atom stereocenters. The van der Waals surface area contributed by atoms with E-state index in [1.807, 2.05) is 0 Å². The van der Waals surface area contributed by atoms with E-state index in [2.05, 4.69) is 0 Å². The predicted octanol–water partition coefficient (Wildman–Crippen LogP) is 3.43. The fraction of sp³-hybridized carbons (Fsp3) is 0.167. The minimum atomic E-state index is -1.81. The molecule has 0 bridgehead atoms. The molecule has 0 fully saturated rings. The Bertz CT molecular complexity index is 1330. The number of Topliss-reactive ketones (excluding diaryl/α,β-unsaturated/α-hetero) is 1. The highest BCUT2D eigenvalue weighted by Crippen LogP contribution is 2.36. The normalized spacial score (nSPS) is 10.5. The van der Waals surface area contributed by atoms with Crippen LogP contribution < -0.4 is 30.6 Å². The summed E-state index contributed by atoms with van der Waals surface area (Å²) in [6.45, 7) is 1.20. The zero-order chi connectivity index (χ0) is 28.0. The van der Waals surface area contributed by atoms with E-state index in [1.54, 1.807) is 12.1 Å². The standard InChI is InChI=1S/C24H23N5O9/c1-14(30)11-23(31)27(19-5-3-4-6-20(19)36-2)24(37-21-12-15(28(32)33)7-9-17(21)25)38-22-13-16(29(34)35)8-10-18(22)26/h3-10,12-13,24H,11,25-26H2,1-2H3. The summed E-state index contributed by atoms with van der Waals surface area (Å²) in [5, 5.41) is 22.7. The molecule has 38 heavy (non-hydrogen) atoms. The number of nitrogens with two attached hydrogens (primary N) is 2. The van der Waals surface area contributed by atoms with Crippen molar-refractivity contribution in [1.29, 1.82) is 0 Å². The van der Waals surface area contributed by atoms with Gasteiger partial charge < -0.3 is 25.7 Å². The maximum Gasteiger partial charge on any atom is 0.334 e. The highest BCUT2D eigenvalue weighted by molar-refractivity contribution is 6.05. The molecule has 0 aromatic heterocycles. The van der Waals surface area contributed by atoms with Gasteiger partial charge in [-0.3, -0.25) is 29.8 Å². The molecule has 0 saturated heterocycles. The first kappa shape index (κ1) is 27.2. The van der Waals surface area contributed by atoms with Gasteiger partial charge >= 0.3 is 6.41 Å². The number of nitro groups is 2. The number of carbonyl (C=O) groups excluding carboxylic acids is 2. The van der Waals surface area contributed by atoms with Crippen molar-refractivity contribution in [2.75, 3.05) is 23.5 Å². The smallest absolute Gasteiger partial charge is 0.334 e. The van der Waals surface area contributed by atoms with Crippen molar-refractivity contribution >= 4 is 40.1 Å². The van der Waals surface area contributed by atoms with Gasteiger partial charge in [-0.2, -0.15) is 0 Å². The van der Waals surface area contributed by atoms with Gasteiger partial charge in [0.15, 0.2) is 11.5 Å². The third kappa shape index (κ3) is 6.23. The Kier molecular flexibility index (Phi) is 8.27. The number of ketones is 1. The Balaban J connectivity index is 2.22. The number of nitrogens with zero attached hydrogens (tertiary/aromatic N) is 3. The summed E-state index contributed by atoms with van der Waals surface area (Å²) in [4.78, 5) is 47.5. The zero-order valence-corrected chi connectivity index (χ0v) is 20.2. The molecule has 0 aliphatic heterocycles. The van der Waals surface area contributed by atoms with Gasteiger partial charge in [-0.1, -0.05) is 12.1 Å². The lowest BCUT2D eigenvalue weighted by atomic mass is 10.2. The van der Waals surface area contributed by atoms with Crippen molar-refractivity contribution in [3.05, 3.63) is 80.9 Å². The minimum absolute atomic E-state index is 0.0461. The molecule has 14 nitrogen and oxygen atoms in total. The van der Waals surface area contributed by atoms with Gasteiger partial charge in [0.1, 0.15) is 11.5 Å². The van der Waals surface area contributed by atoms with Crippen molar-refractivity contribution in [3.63, 3.8) is 0 Å². The van der Waals surface area contributed by atoms with Crippen molar-refractivity contribution < 1.29 is 33.6 Å². The van der Waals surface area contributed by atoms with E-state index in [1.165, 1.54) is 38.3 Å². The van der Waals surface area contributed by atoms with Gasteiger partial charge in [0.2, 0.25) is 5.91 Å². The SMILES string of the molecule is COc1ccccc1N(C(=O)CC(C)=O)C(Oc1cc([N+](=O)[O-])ccc1N)Oc1cc([N+](=O)[O-])ccc1N. The molecule has 0 saturated carbocycles. The first-order valence-electron chi connectivity index (χ1n) is 10.9. The molecule has 4 N–H and O–H groups in total. The predicted molar refractivity (Wildman–Crippen MR) is 136 cm³/mol. The zero-order valence-electron chi connectivity index (χ0n) is 20.2. The Morgan fingerprint density at radius 2 is 1.37 bits per heavy atom. The lowest BCUT2D eigenvalue weighted by Gasteiger charge is -2.32. The molecular formula is C24H23N5O9. The van der Waals surface area contributed by atoms with Crippen LogP contribution in [0.15, 0.2) is 60.7 Å². The van der Waals surface area contributed by atoms with E-state index < -0.39 is 34.4 Å². The highest BCUT2D eigenvalue weighted by atomic mass is 16.7. The second-order valence-corrected chi connectivity index (χ2v) is 7.82. The number of nitro benzene ring substituents is 2. The molecule has 1 amide bonds. The molecule has 0 aliphatic carbocycles. The van der Waals surface area contributed by atoms with Gasteiger partial charge in [0.25, 0.3) is 11.4 Å². The fourth-order valence-corrected chi connectivity index (χ4v) is 3.32. The number of amides is 1. The summed E-state index contributed by atoms with van der Waals surface area (Å²) in [5.41, 5.74) is 11.2. The first-order chi connectivity index (χ1) is 18.0. The summed E-state index contributed by atoms with van der Waals surface area (Å²) in [6, 6.07) is 13.0. The van der Waals surface area contributed by atoms with Crippen LogP contribution in [0.2, 0.25) is 0 Å². The van der Waals surface area contributed by atoms with Gasteiger partial charge in [-0.25, -0.2) is 4.90 Å². The molecule has 0 heterocycles. The number of ether oxygens (including phenoxy) is 3. The molecule has 3 rings (SSSR count). The highest BCUT2D eigenvalue weighted by Gasteiger charge is 2.33. The van der Waals surface area contributed by atoms with Gasteiger partial charge in [-0.15, -0.1) is 0 Å². The molecule has 0 radical (unpaired) electrons. The van der Waals surface area contributed by atoms with Crippen LogP contribution in [0.1, 0.15) is 13.3 Å². The number of rotatable bonds is 11. The van der Waals surface area contributed by atoms with Crippen molar-refractivity contribution in [1.82, 2.24) is 0 Å². The largest absolute Gasteiger partial charge is 0.495 e. The number of methoxy groups -OCH3 is 1. The monoisotopic (exact) mass is 525 g/mol. The minimum Gasteiger partial charge on any atom is -0.495 e. The molecule has 198 valence electrons. The third-order valence-corrected chi connectivity index (χ3v) is 5.10. The second-order valence-electron chi connectivity index (χ2n) is 7.82. The lowest BCUT2D eigenvalue weighted by Crippen LogP contribution is -2.48. The number of benzene rings is 3. The number of non-ortho nitro benzene ring substituents is 2. The molecular weight excluding hydrogens is 502 g/mol. The van der Waals surface area contributed by atoms with E-state index in [9.17, 15) is 29.8 Å². The van der Waals surface area contributed by atoms with Gasteiger partial charge in [0.05, 0.1) is 52.6 Å². The fourth-order valence-electron chi connectivity index (χ4n) is 3.32. The van der Waals surface area contributed by atoms with Crippen LogP contribution in [0.4, 0.5) is 28.4 Å². The number of hydrogen-bond acceptors (Lipinski definition) is 11. The Hall–Kier alpha value is -5.40. The lowest BCUT2D eigenvalue weighted by molar-refractivity contribution is -0.385. The van der Waals surface area contributed by atoms with Crippen LogP contribution in [0, 0.1) is 20.2 Å². The van der Waals surface area contributed by atoms with Crippen LogP contribution >= 0.6 is 0 Å². The number of carbonyl (C=O) groups is 2. The summed E-state index contributed by atoms with van der Waals surface area (Å²) < 4.78 is 17.1. The van der Waals surface area contributed by atoms with Gasteiger partial charge in [0, 0.05) is 12.1 Å². The van der Waals surface area contributed by atoms with E-state index >= 15 is 0 Å². The summed E-state index contributed by atoms with van der Waals surface area (Å²) >= 11 is 0. The molecule has 3 aromatic rings. The summed E-state index contributed by atoms with van der Waals surface area (Å²) in [7, 11) is 1.35. The van der Waals surface area contributed by atoms with Crippen molar-refractivity contribution in [2.45, 2.75) is 19.8 Å². The van der Waals surface area contributed by atoms with E-state index in [0.717, 1.165) is 29.2 Å². The number of anilines is 3. The Morgan fingerprint density at radius 3 is 1.82 bits per heavy atom. The molecule has 0 unspecified atom stereocenters. The topological polar surface area (TPSA) is 203 Å². The average Bonchev–Trinajstić information content (AvgIpc) is 2.86. The second kappa shape index (κ2) is 11.6. The number of nitrogen functional groups attached to an aromatic ring is 2. The Morgan fingerprint density at radius 1 is 0.868 bits per heavy atom. The maximum absolute atomic E-state index is 13.4. The van der Waals surface area contributed by atoms with Crippen molar-refractivity contribution in [3.8, 4) is 17.2 Å².